The maximum atomic E-state index is 9.14. The van der Waals surface area contributed by atoms with E-state index in [4.69, 9.17) is 10.5 Å². The van der Waals surface area contributed by atoms with Crippen molar-refractivity contribution in [3.63, 3.8) is 0 Å². The highest BCUT2D eigenvalue weighted by molar-refractivity contribution is 5.34. The molecule has 0 radical (unpaired) electrons. The second-order valence-electron chi connectivity index (χ2n) is 8.15. The zero-order chi connectivity index (χ0) is 18.9. The number of allylic oxidation sites excluding steroid dienone is 1. The molecule has 3 aliphatic rings. The molecule has 6 heteroatoms. The fourth-order valence-corrected chi connectivity index (χ4v) is 4.76. The number of rotatable bonds is 6. The van der Waals surface area contributed by atoms with E-state index in [9.17, 15) is 0 Å². The van der Waals surface area contributed by atoms with E-state index < -0.39 is 0 Å². The molecule has 3 fully saturated rings. The molecule has 0 spiro atoms. The number of likely N-dealkylation sites (tertiary alicyclic amines) is 3. The fourth-order valence-electron chi connectivity index (χ4n) is 4.76. The van der Waals surface area contributed by atoms with Crippen molar-refractivity contribution in [1.29, 1.82) is 10.5 Å². The van der Waals surface area contributed by atoms with Gasteiger partial charge in [0.1, 0.15) is 17.7 Å². The van der Waals surface area contributed by atoms with Crippen molar-refractivity contribution in [3.05, 3.63) is 11.8 Å². The summed E-state index contributed by atoms with van der Waals surface area (Å²) in [5.74, 6) is 0. The molecule has 0 aromatic rings. The molecule has 0 aromatic carbocycles. The van der Waals surface area contributed by atoms with Gasteiger partial charge in [-0.1, -0.05) is 12.8 Å². The van der Waals surface area contributed by atoms with Crippen LogP contribution in [0.1, 0.15) is 51.4 Å². The summed E-state index contributed by atoms with van der Waals surface area (Å²) in [6.07, 6.45) is 12.2. The van der Waals surface area contributed by atoms with Crippen LogP contribution in [0, 0.1) is 22.7 Å². The number of nitrogens with zero attached hydrogens (tertiary/aromatic N) is 5. The minimum Gasteiger partial charge on any atom is -0.360 e. The van der Waals surface area contributed by atoms with Crippen molar-refractivity contribution in [2.75, 3.05) is 45.8 Å². The summed E-state index contributed by atoms with van der Waals surface area (Å²) >= 11 is 0. The van der Waals surface area contributed by atoms with Crippen molar-refractivity contribution in [3.8, 4) is 12.1 Å². The largest absolute Gasteiger partial charge is 0.360 e. The van der Waals surface area contributed by atoms with Crippen LogP contribution in [0.3, 0.4) is 0 Å². The molecule has 0 amide bonds. The highest BCUT2D eigenvalue weighted by atomic mass is 15.3. The summed E-state index contributed by atoms with van der Waals surface area (Å²) in [7, 11) is 0. The van der Waals surface area contributed by atoms with Crippen LogP contribution in [0.4, 0.5) is 0 Å². The Balaban J connectivity index is 1.58. The molecule has 0 aliphatic carbocycles. The standard InChI is InChI=1S/C21H34N6/c22-16-19(17-23)18-27-13-7-20(26-11-5-2-6-12-26)15-21(27)24-8-14-25-9-3-1-4-10-25/h18,20-21,24H,1-15H2. The third kappa shape index (κ3) is 5.94. The number of hydrogen-bond donors (Lipinski definition) is 1. The molecular formula is C21H34N6. The van der Waals surface area contributed by atoms with Gasteiger partial charge in [0, 0.05) is 31.9 Å². The van der Waals surface area contributed by atoms with Gasteiger partial charge in [-0.15, -0.1) is 0 Å². The van der Waals surface area contributed by atoms with Gasteiger partial charge in [0.25, 0.3) is 0 Å². The predicted molar refractivity (Wildman–Crippen MR) is 107 cm³/mol. The van der Waals surface area contributed by atoms with Gasteiger partial charge < -0.3 is 14.7 Å². The van der Waals surface area contributed by atoms with Gasteiger partial charge in [0.2, 0.25) is 0 Å². The van der Waals surface area contributed by atoms with E-state index in [1.54, 1.807) is 6.20 Å². The Morgan fingerprint density at radius 2 is 1.59 bits per heavy atom. The lowest BCUT2D eigenvalue weighted by atomic mass is 9.97. The van der Waals surface area contributed by atoms with Crippen LogP contribution in [0.25, 0.3) is 0 Å². The monoisotopic (exact) mass is 370 g/mol. The van der Waals surface area contributed by atoms with E-state index in [-0.39, 0.29) is 11.7 Å². The number of nitriles is 2. The molecule has 3 aliphatic heterocycles. The van der Waals surface area contributed by atoms with Crippen LogP contribution in [-0.4, -0.2) is 72.7 Å². The lowest BCUT2D eigenvalue weighted by Crippen LogP contribution is -2.55. The Kier molecular flexibility index (Phi) is 7.95. The highest BCUT2D eigenvalue weighted by Crippen LogP contribution is 2.24. The molecule has 148 valence electrons. The van der Waals surface area contributed by atoms with Gasteiger partial charge in [-0.2, -0.15) is 10.5 Å². The maximum absolute atomic E-state index is 9.14. The molecule has 3 heterocycles. The van der Waals surface area contributed by atoms with E-state index in [2.05, 4.69) is 20.0 Å². The smallest absolute Gasteiger partial charge is 0.145 e. The predicted octanol–water partition coefficient (Wildman–Crippen LogP) is 2.27. The number of nitrogens with one attached hydrogen (secondary N) is 1. The fraction of sp³-hybridized carbons (Fsp3) is 0.810. The van der Waals surface area contributed by atoms with Gasteiger partial charge in [-0.05, 0) is 64.7 Å². The van der Waals surface area contributed by atoms with E-state index in [1.807, 2.05) is 12.1 Å². The van der Waals surface area contributed by atoms with Gasteiger partial charge in [-0.25, -0.2) is 0 Å². The first-order valence-corrected chi connectivity index (χ1v) is 10.8. The molecule has 0 bridgehead atoms. The highest BCUT2D eigenvalue weighted by Gasteiger charge is 2.31. The summed E-state index contributed by atoms with van der Waals surface area (Å²) in [6, 6.07) is 4.65. The van der Waals surface area contributed by atoms with Crippen LogP contribution in [0.15, 0.2) is 11.8 Å². The maximum Gasteiger partial charge on any atom is 0.145 e. The minimum atomic E-state index is 0.203. The Morgan fingerprint density at radius 3 is 2.26 bits per heavy atom. The average molecular weight is 371 g/mol. The lowest BCUT2D eigenvalue weighted by Gasteiger charge is -2.44. The molecule has 3 rings (SSSR count). The number of piperidine rings is 3. The third-order valence-corrected chi connectivity index (χ3v) is 6.32. The van der Waals surface area contributed by atoms with Crippen LogP contribution in [0.5, 0.6) is 0 Å². The summed E-state index contributed by atoms with van der Waals surface area (Å²) < 4.78 is 0. The van der Waals surface area contributed by atoms with E-state index in [0.717, 1.165) is 32.5 Å². The number of hydrogen-bond acceptors (Lipinski definition) is 6. The molecule has 2 unspecified atom stereocenters. The van der Waals surface area contributed by atoms with Crippen molar-refractivity contribution < 1.29 is 0 Å². The topological polar surface area (TPSA) is 69.3 Å². The molecule has 27 heavy (non-hydrogen) atoms. The normalized spacial score (nSPS) is 27.6. The molecular weight excluding hydrogens is 336 g/mol. The first kappa shape index (κ1) is 20.1. The van der Waals surface area contributed by atoms with Crippen molar-refractivity contribution in [2.24, 2.45) is 0 Å². The van der Waals surface area contributed by atoms with Gasteiger partial charge in [-0.3, -0.25) is 5.32 Å². The van der Waals surface area contributed by atoms with E-state index in [1.165, 1.54) is 64.7 Å². The lowest BCUT2D eigenvalue weighted by molar-refractivity contribution is 0.0644. The van der Waals surface area contributed by atoms with E-state index >= 15 is 0 Å². The summed E-state index contributed by atoms with van der Waals surface area (Å²) in [5, 5.41) is 22.0. The van der Waals surface area contributed by atoms with Crippen LogP contribution in [0.2, 0.25) is 0 Å². The van der Waals surface area contributed by atoms with Gasteiger partial charge in [0.15, 0.2) is 0 Å². The molecule has 6 nitrogen and oxygen atoms in total. The summed E-state index contributed by atoms with van der Waals surface area (Å²) in [4.78, 5) is 7.41. The van der Waals surface area contributed by atoms with E-state index in [0.29, 0.717) is 6.04 Å². The van der Waals surface area contributed by atoms with Crippen molar-refractivity contribution >= 4 is 0 Å². The molecule has 0 saturated carbocycles. The first-order chi connectivity index (χ1) is 13.3. The average Bonchev–Trinajstić information content (AvgIpc) is 2.74. The Morgan fingerprint density at radius 1 is 0.926 bits per heavy atom. The SMILES string of the molecule is N#CC(C#N)=CN1CCC(N2CCCCC2)CC1NCCN1CCCCC1. The Labute approximate surface area is 164 Å². The first-order valence-electron chi connectivity index (χ1n) is 10.8. The summed E-state index contributed by atoms with van der Waals surface area (Å²) in [5.41, 5.74) is 0.203. The zero-order valence-electron chi connectivity index (χ0n) is 16.6. The quantitative estimate of drug-likeness (QED) is 0.724. The molecule has 3 saturated heterocycles. The van der Waals surface area contributed by atoms with Gasteiger partial charge >= 0.3 is 0 Å². The van der Waals surface area contributed by atoms with Crippen LogP contribution in [-0.2, 0) is 0 Å². The molecule has 0 aromatic heterocycles. The second-order valence-corrected chi connectivity index (χ2v) is 8.15. The molecule has 2 atom stereocenters. The van der Waals surface area contributed by atoms with Gasteiger partial charge in [0.05, 0.1) is 6.17 Å². The summed E-state index contributed by atoms with van der Waals surface area (Å²) in [6.45, 7) is 7.86. The Hall–Kier alpha value is -1.60. The van der Waals surface area contributed by atoms with Crippen LogP contribution >= 0.6 is 0 Å². The minimum absolute atomic E-state index is 0.203. The second kappa shape index (κ2) is 10.7. The van der Waals surface area contributed by atoms with Crippen molar-refractivity contribution in [2.45, 2.75) is 63.6 Å². The Bertz CT molecular complexity index is 546. The van der Waals surface area contributed by atoms with Crippen LogP contribution < -0.4 is 5.32 Å². The van der Waals surface area contributed by atoms with Crippen molar-refractivity contribution in [1.82, 2.24) is 20.0 Å². The zero-order valence-corrected chi connectivity index (χ0v) is 16.6. The molecule has 1 N–H and O–H groups in total. The third-order valence-electron chi connectivity index (χ3n) is 6.32.